The first-order valence-corrected chi connectivity index (χ1v) is 7.07. The maximum absolute atomic E-state index is 9.30. The number of rotatable bonds is 8. The van der Waals surface area contributed by atoms with E-state index in [-0.39, 0.29) is 19.3 Å². The number of hydrogen-bond donors (Lipinski definition) is 1. The van der Waals surface area contributed by atoms with Gasteiger partial charge < -0.3 is 24.1 Å². The van der Waals surface area contributed by atoms with Gasteiger partial charge >= 0.3 is 0 Å². The van der Waals surface area contributed by atoms with Crippen molar-refractivity contribution >= 4 is 12.2 Å². The zero-order valence-electron chi connectivity index (χ0n) is 13.2. The van der Waals surface area contributed by atoms with Gasteiger partial charge in [-0.15, -0.1) is 0 Å². The fourth-order valence-electron chi connectivity index (χ4n) is 1.89. The summed E-state index contributed by atoms with van der Waals surface area (Å²) in [5.41, 5.74) is 1.89. The first-order valence-electron chi connectivity index (χ1n) is 7.07. The van der Waals surface area contributed by atoms with Crippen molar-refractivity contribution in [2.75, 3.05) is 27.8 Å². The minimum Gasteiger partial charge on any atom is -0.508 e. The van der Waals surface area contributed by atoms with Gasteiger partial charge in [0.25, 0.3) is 0 Å². The van der Waals surface area contributed by atoms with E-state index >= 15 is 0 Å². The second-order valence-electron chi connectivity index (χ2n) is 4.76. The van der Waals surface area contributed by atoms with Gasteiger partial charge in [0.1, 0.15) is 17.2 Å². The molecule has 1 N–H and O–H groups in total. The Morgan fingerprint density at radius 1 is 0.783 bits per heavy atom. The Labute approximate surface area is 135 Å². The summed E-state index contributed by atoms with van der Waals surface area (Å²) < 4.78 is 20.8. The molecule has 0 saturated heterocycles. The predicted molar refractivity (Wildman–Crippen MR) is 88.5 cm³/mol. The predicted octanol–water partition coefficient (Wildman–Crippen LogP) is 3.53. The van der Waals surface area contributed by atoms with E-state index in [2.05, 4.69) is 0 Å². The molecular formula is C18H20O5. The molecule has 0 atom stereocenters. The number of hydrogen-bond acceptors (Lipinski definition) is 5. The Kier molecular flexibility index (Phi) is 6.47. The van der Waals surface area contributed by atoms with Crippen LogP contribution in [-0.4, -0.2) is 32.9 Å². The molecule has 2 aromatic rings. The molecule has 0 bridgehead atoms. The maximum atomic E-state index is 9.30. The average Bonchev–Trinajstić information content (AvgIpc) is 2.57. The molecule has 0 aliphatic carbocycles. The normalized spacial score (nSPS) is 10.9. The van der Waals surface area contributed by atoms with E-state index in [4.69, 9.17) is 18.9 Å². The molecular weight excluding hydrogens is 296 g/mol. The Bertz CT molecular complexity index is 608. The molecule has 0 spiro atoms. The quantitative estimate of drug-likeness (QED) is 0.596. The topological polar surface area (TPSA) is 57.2 Å². The van der Waals surface area contributed by atoms with Gasteiger partial charge in [0, 0.05) is 20.3 Å². The van der Waals surface area contributed by atoms with Crippen LogP contribution in [0.2, 0.25) is 0 Å². The highest BCUT2D eigenvalue weighted by molar-refractivity contribution is 5.71. The van der Waals surface area contributed by atoms with Gasteiger partial charge in [-0.05, 0) is 35.4 Å². The van der Waals surface area contributed by atoms with Crippen molar-refractivity contribution in [1.29, 1.82) is 0 Å². The standard InChI is InChI=1S/C18H20O5/c1-20-12-22-17-9-15(10-18(11-17)23-13-21-2)4-3-14-5-7-16(19)8-6-14/h3-11,19H,12-13H2,1-2H3. The molecule has 2 aromatic carbocycles. The van der Waals surface area contributed by atoms with E-state index in [1.165, 1.54) is 0 Å². The molecule has 0 heterocycles. The Morgan fingerprint density at radius 2 is 1.30 bits per heavy atom. The highest BCUT2D eigenvalue weighted by Gasteiger charge is 2.02. The molecule has 23 heavy (non-hydrogen) atoms. The van der Waals surface area contributed by atoms with E-state index in [0.717, 1.165) is 11.1 Å². The van der Waals surface area contributed by atoms with Crippen LogP contribution in [0.3, 0.4) is 0 Å². The number of ether oxygens (including phenoxy) is 4. The van der Waals surface area contributed by atoms with Crippen LogP contribution in [0.25, 0.3) is 12.2 Å². The van der Waals surface area contributed by atoms with E-state index in [1.807, 2.05) is 36.4 Å². The summed E-state index contributed by atoms with van der Waals surface area (Å²) >= 11 is 0. The van der Waals surface area contributed by atoms with Crippen molar-refractivity contribution in [3.8, 4) is 17.2 Å². The van der Waals surface area contributed by atoms with Crippen LogP contribution in [0.4, 0.5) is 0 Å². The third-order valence-corrected chi connectivity index (χ3v) is 2.95. The first kappa shape index (κ1) is 16.9. The van der Waals surface area contributed by atoms with Gasteiger partial charge in [-0.1, -0.05) is 24.3 Å². The van der Waals surface area contributed by atoms with E-state index in [9.17, 15) is 5.11 Å². The molecule has 0 aliphatic rings. The zero-order valence-corrected chi connectivity index (χ0v) is 13.2. The highest BCUT2D eigenvalue weighted by Crippen LogP contribution is 2.25. The second kappa shape index (κ2) is 8.82. The summed E-state index contributed by atoms with van der Waals surface area (Å²) in [6.45, 7) is 0.323. The smallest absolute Gasteiger partial charge is 0.188 e. The average molecular weight is 316 g/mol. The highest BCUT2D eigenvalue weighted by atomic mass is 16.7. The van der Waals surface area contributed by atoms with Crippen molar-refractivity contribution in [3.63, 3.8) is 0 Å². The number of benzene rings is 2. The van der Waals surface area contributed by atoms with Crippen molar-refractivity contribution in [3.05, 3.63) is 53.6 Å². The molecule has 2 rings (SSSR count). The van der Waals surface area contributed by atoms with Crippen LogP contribution in [0.15, 0.2) is 42.5 Å². The first-order chi connectivity index (χ1) is 11.2. The Balaban J connectivity index is 2.19. The van der Waals surface area contributed by atoms with E-state index < -0.39 is 0 Å². The molecule has 0 radical (unpaired) electrons. The summed E-state index contributed by atoms with van der Waals surface area (Å²) in [5.74, 6) is 1.53. The van der Waals surface area contributed by atoms with Crippen molar-refractivity contribution < 1.29 is 24.1 Å². The van der Waals surface area contributed by atoms with E-state index in [0.29, 0.717) is 11.5 Å². The third kappa shape index (κ3) is 5.65. The van der Waals surface area contributed by atoms with Gasteiger partial charge in [-0.3, -0.25) is 0 Å². The number of methoxy groups -OCH3 is 2. The minimum absolute atomic E-state index is 0.162. The molecule has 0 aliphatic heterocycles. The molecule has 0 saturated carbocycles. The largest absolute Gasteiger partial charge is 0.508 e. The number of aromatic hydroxyl groups is 1. The van der Waals surface area contributed by atoms with Crippen molar-refractivity contribution in [2.24, 2.45) is 0 Å². The summed E-state index contributed by atoms with van der Waals surface area (Å²) in [6, 6.07) is 12.5. The lowest BCUT2D eigenvalue weighted by molar-refractivity contribution is 0.0460. The molecule has 122 valence electrons. The van der Waals surface area contributed by atoms with Crippen LogP contribution in [0.1, 0.15) is 11.1 Å². The summed E-state index contributed by atoms with van der Waals surface area (Å²) in [7, 11) is 3.13. The third-order valence-electron chi connectivity index (χ3n) is 2.95. The van der Waals surface area contributed by atoms with Gasteiger partial charge in [0.2, 0.25) is 0 Å². The monoisotopic (exact) mass is 316 g/mol. The molecule has 5 nitrogen and oxygen atoms in total. The fourth-order valence-corrected chi connectivity index (χ4v) is 1.89. The summed E-state index contributed by atoms with van der Waals surface area (Å²) in [5, 5.41) is 9.30. The molecule has 5 heteroatoms. The molecule has 0 aromatic heterocycles. The van der Waals surface area contributed by atoms with Crippen LogP contribution < -0.4 is 9.47 Å². The van der Waals surface area contributed by atoms with Crippen LogP contribution in [0, 0.1) is 0 Å². The van der Waals surface area contributed by atoms with Crippen molar-refractivity contribution in [1.82, 2.24) is 0 Å². The zero-order chi connectivity index (χ0) is 16.5. The lowest BCUT2D eigenvalue weighted by Gasteiger charge is -2.10. The summed E-state index contributed by atoms with van der Waals surface area (Å²) in [6.07, 6.45) is 3.88. The Hall–Kier alpha value is -2.50. The van der Waals surface area contributed by atoms with Gasteiger partial charge in [-0.25, -0.2) is 0 Å². The summed E-state index contributed by atoms with van der Waals surface area (Å²) in [4.78, 5) is 0. The lowest BCUT2D eigenvalue weighted by Crippen LogP contribution is -2.02. The molecule has 0 fully saturated rings. The van der Waals surface area contributed by atoms with Crippen LogP contribution >= 0.6 is 0 Å². The van der Waals surface area contributed by atoms with Crippen LogP contribution in [-0.2, 0) is 9.47 Å². The maximum Gasteiger partial charge on any atom is 0.188 e. The lowest BCUT2D eigenvalue weighted by atomic mass is 10.1. The second-order valence-corrected chi connectivity index (χ2v) is 4.76. The molecule has 0 amide bonds. The number of phenols is 1. The molecule has 0 unspecified atom stereocenters. The minimum atomic E-state index is 0.162. The Morgan fingerprint density at radius 3 is 1.83 bits per heavy atom. The van der Waals surface area contributed by atoms with E-state index in [1.54, 1.807) is 32.4 Å². The number of phenolic OH excluding ortho intramolecular Hbond substituents is 1. The van der Waals surface area contributed by atoms with Gasteiger partial charge in [-0.2, -0.15) is 0 Å². The van der Waals surface area contributed by atoms with Gasteiger partial charge in [0.15, 0.2) is 13.6 Å². The SMILES string of the molecule is COCOc1cc(C=Cc2ccc(O)cc2)cc(OCOC)c1. The van der Waals surface area contributed by atoms with Gasteiger partial charge in [0.05, 0.1) is 0 Å². The van der Waals surface area contributed by atoms with Crippen molar-refractivity contribution in [2.45, 2.75) is 0 Å². The fraction of sp³-hybridized carbons (Fsp3) is 0.222. The van der Waals surface area contributed by atoms with Crippen LogP contribution in [0.5, 0.6) is 17.2 Å².